The van der Waals surface area contributed by atoms with Crippen LogP contribution in [0, 0.1) is 5.82 Å². The number of halogens is 4. The number of hydrogen-bond acceptors (Lipinski definition) is 5. The van der Waals surface area contributed by atoms with Crippen molar-refractivity contribution < 1.29 is 32.2 Å². The van der Waals surface area contributed by atoms with E-state index in [1.165, 1.54) is 18.3 Å². The molecule has 1 fully saturated rings. The highest BCUT2D eigenvalue weighted by molar-refractivity contribution is 5.95. The summed E-state index contributed by atoms with van der Waals surface area (Å²) < 4.78 is 56.5. The maximum atomic E-state index is 14.5. The number of H-pyrrole nitrogens is 1. The number of piperidine rings is 1. The molecule has 3 heterocycles. The van der Waals surface area contributed by atoms with Crippen LogP contribution in [0.2, 0.25) is 0 Å². The van der Waals surface area contributed by atoms with E-state index >= 15 is 0 Å². The molecule has 11 heteroatoms. The van der Waals surface area contributed by atoms with E-state index in [9.17, 15) is 22.4 Å². The Hall–Kier alpha value is -3.34. The van der Waals surface area contributed by atoms with Crippen molar-refractivity contribution in [2.75, 3.05) is 31.6 Å². The van der Waals surface area contributed by atoms with E-state index < -0.39 is 12.1 Å². The van der Waals surface area contributed by atoms with Crippen LogP contribution < -0.4 is 10.1 Å². The number of nitrogens with zero attached hydrogens (tertiary/aromatic N) is 2. The second-order valence-corrected chi connectivity index (χ2v) is 7.74. The van der Waals surface area contributed by atoms with Crippen molar-refractivity contribution in [2.24, 2.45) is 0 Å². The lowest BCUT2D eigenvalue weighted by Crippen LogP contribution is -2.38. The number of aliphatic hydroxyl groups is 1. The van der Waals surface area contributed by atoms with Crippen LogP contribution in [0.1, 0.15) is 34.7 Å². The van der Waals surface area contributed by atoms with Crippen LogP contribution in [0.25, 0.3) is 11.0 Å². The number of pyridine rings is 1. The molecule has 4 rings (SSSR count). The van der Waals surface area contributed by atoms with Crippen molar-refractivity contribution in [3.8, 4) is 5.75 Å². The van der Waals surface area contributed by atoms with E-state index in [0.717, 1.165) is 11.5 Å². The topological polar surface area (TPSA) is 90.5 Å². The lowest BCUT2D eigenvalue weighted by Gasteiger charge is -2.32. The summed E-state index contributed by atoms with van der Waals surface area (Å²) in [4.78, 5) is 21.6. The van der Waals surface area contributed by atoms with Crippen LogP contribution in [-0.4, -0.2) is 58.5 Å². The molecule has 0 radical (unpaired) electrons. The first-order valence-electron chi connectivity index (χ1n) is 10.4. The molecule has 0 aliphatic carbocycles. The number of rotatable bonds is 6. The number of hydrogen-bond donors (Lipinski definition) is 3. The molecule has 3 N–H and O–H groups in total. The number of fused-ring (bicyclic) bond motifs is 1. The van der Waals surface area contributed by atoms with Crippen molar-refractivity contribution in [3.63, 3.8) is 0 Å². The molecule has 1 aliphatic rings. The van der Waals surface area contributed by atoms with Gasteiger partial charge in [-0.15, -0.1) is 13.2 Å². The fourth-order valence-corrected chi connectivity index (χ4v) is 4.18. The van der Waals surface area contributed by atoms with Gasteiger partial charge in [-0.3, -0.25) is 4.79 Å². The average molecular weight is 466 g/mol. The first-order valence-corrected chi connectivity index (χ1v) is 10.4. The van der Waals surface area contributed by atoms with Crippen LogP contribution in [0.15, 0.2) is 36.7 Å². The molecule has 2 aromatic heterocycles. The maximum absolute atomic E-state index is 14.5. The van der Waals surface area contributed by atoms with Gasteiger partial charge in [0.2, 0.25) is 0 Å². The molecular formula is C22H22F4N4O3. The van der Waals surface area contributed by atoms with Gasteiger partial charge in [-0.1, -0.05) is 0 Å². The molecule has 1 saturated heterocycles. The molecule has 0 unspecified atom stereocenters. The summed E-state index contributed by atoms with van der Waals surface area (Å²) in [6.45, 7) is 0.425. The standard InChI is InChI=1S/C22H22F4N4O3/c23-16-12-29-20-15(3-6-28-20)19(16)13-4-8-30(9-5-13)21(32)14-1-2-18(33-22(24,25)26)17(11-14)27-7-10-31/h1-3,6,11-13,27,31H,4-5,7-10H2,(H,28,29). The minimum atomic E-state index is -4.89. The Morgan fingerprint density at radius 3 is 2.73 bits per heavy atom. The number of aliphatic hydroxyl groups excluding tert-OH is 1. The lowest BCUT2D eigenvalue weighted by atomic mass is 9.87. The average Bonchev–Trinajstić information content (AvgIpc) is 3.26. The van der Waals surface area contributed by atoms with E-state index in [1.807, 2.05) is 0 Å². The number of aromatic amines is 1. The smallest absolute Gasteiger partial charge is 0.404 e. The van der Waals surface area contributed by atoms with E-state index in [4.69, 9.17) is 5.11 Å². The van der Waals surface area contributed by atoms with Gasteiger partial charge in [-0.2, -0.15) is 0 Å². The minimum Gasteiger partial charge on any atom is -0.404 e. The molecule has 0 saturated carbocycles. The predicted molar refractivity (Wildman–Crippen MR) is 113 cm³/mol. The number of ether oxygens (including phenoxy) is 1. The molecule has 1 amide bonds. The Morgan fingerprint density at radius 2 is 2.03 bits per heavy atom. The summed E-state index contributed by atoms with van der Waals surface area (Å²) in [6.07, 6.45) is -0.920. The normalized spacial score (nSPS) is 15.1. The summed E-state index contributed by atoms with van der Waals surface area (Å²) in [5.74, 6) is -1.30. The first-order chi connectivity index (χ1) is 15.8. The van der Waals surface area contributed by atoms with Crippen LogP contribution in [0.5, 0.6) is 5.75 Å². The molecule has 0 spiro atoms. The second kappa shape index (κ2) is 9.26. The number of carbonyl (C=O) groups excluding carboxylic acids is 1. The van der Waals surface area contributed by atoms with Gasteiger partial charge in [0.15, 0.2) is 5.75 Å². The van der Waals surface area contributed by atoms with Crippen LogP contribution in [0.4, 0.5) is 23.2 Å². The van der Waals surface area contributed by atoms with Gasteiger partial charge in [0.25, 0.3) is 5.91 Å². The Morgan fingerprint density at radius 1 is 1.27 bits per heavy atom. The Labute approximate surface area is 186 Å². The lowest BCUT2D eigenvalue weighted by molar-refractivity contribution is -0.274. The maximum Gasteiger partial charge on any atom is 0.573 e. The Bertz CT molecular complexity index is 1140. The van der Waals surface area contributed by atoms with Crippen molar-refractivity contribution in [1.29, 1.82) is 0 Å². The van der Waals surface area contributed by atoms with Crippen molar-refractivity contribution in [2.45, 2.75) is 25.1 Å². The van der Waals surface area contributed by atoms with Gasteiger partial charge in [-0.25, -0.2) is 9.37 Å². The van der Waals surface area contributed by atoms with Crippen molar-refractivity contribution >= 4 is 22.6 Å². The third-order valence-electron chi connectivity index (χ3n) is 5.65. The fraction of sp³-hybridized carbons (Fsp3) is 0.364. The zero-order chi connectivity index (χ0) is 23.6. The molecule has 3 aromatic rings. The highest BCUT2D eigenvalue weighted by Gasteiger charge is 2.33. The number of aromatic nitrogens is 2. The predicted octanol–water partition coefficient (Wildman–Crippen LogP) is 4.02. The number of carbonyl (C=O) groups is 1. The van der Waals surface area contributed by atoms with Crippen molar-refractivity contribution in [1.82, 2.24) is 14.9 Å². The van der Waals surface area contributed by atoms with Gasteiger partial charge in [0, 0.05) is 42.3 Å². The third-order valence-corrected chi connectivity index (χ3v) is 5.65. The quantitative estimate of drug-likeness (QED) is 0.478. The van der Waals surface area contributed by atoms with Gasteiger partial charge in [-0.05, 0) is 43.0 Å². The van der Waals surface area contributed by atoms with Gasteiger partial charge in [0.05, 0.1) is 18.5 Å². The van der Waals surface area contributed by atoms with E-state index in [0.29, 0.717) is 37.1 Å². The van der Waals surface area contributed by atoms with Gasteiger partial charge < -0.3 is 25.0 Å². The SMILES string of the molecule is O=C(c1ccc(OC(F)(F)F)c(NCCO)c1)N1CCC(c2c(F)cnc3[nH]ccc23)CC1. The number of nitrogens with one attached hydrogen (secondary N) is 2. The van der Waals surface area contributed by atoms with Crippen molar-refractivity contribution in [3.05, 3.63) is 53.6 Å². The highest BCUT2D eigenvalue weighted by atomic mass is 19.4. The van der Waals surface area contributed by atoms with E-state index in [2.05, 4.69) is 20.0 Å². The number of alkyl halides is 3. The number of benzene rings is 1. The molecule has 7 nitrogen and oxygen atoms in total. The van der Waals surface area contributed by atoms with Gasteiger partial charge >= 0.3 is 6.36 Å². The molecule has 1 aliphatic heterocycles. The molecule has 0 bridgehead atoms. The van der Waals surface area contributed by atoms with Crippen LogP contribution in [0.3, 0.4) is 0 Å². The monoisotopic (exact) mass is 466 g/mol. The van der Waals surface area contributed by atoms with E-state index in [1.54, 1.807) is 17.2 Å². The zero-order valence-corrected chi connectivity index (χ0v) is 17.5. The molecule has 33 heavy (non-hydrogen) atoms. The summed E-state index contributed by atoms with van der Waals surface area (Å²) in [6, 6.07) is 5.40. The molecule has 0 atom stereocenters. The Balaban J connectivity index is 1.49. The molecule has 1 aromatic carbocycles. The summed E-state index contributed by atoms with van der Waals surface area (Å²) in [7, 11) is 0. The fourth-order valence-electron chi connectivity index (χ4n) is 4.18. The number of likely N-dealkylation sites (tertiary alicyclic amines) is 1. The summed E-state index contributed by atoms with van der Waals surface area (Å²) in [5.41, 5.74) is 1.33. The zero-order valence-electron chi connectivity index (χ0n) is 17.5. The highest BCUT2D eigenvalue weighted by Crippen LogP contribution is 2.35. The largest absolute Gasteiger partial charge is 0.573 e. The summed E-state index contributed by atoms with van der Waals surface area (Å²) in [5, 5.41) is 12.3. The van der Waals surface area contributed by atoms with Crippen LogP contribution >= 0.6 is 0 Å². The van der Waals surface area contributed by atoms with E-state index in [-0.39, 0.29) is 42.0 Å². The third kappa shape index (κ3) is 5.03. The number of anilines is 1. The van der Waals surface area contributed by atoms with Gasteiger partial charge in [0.1, 0.15) is 11.5 Å². The molecule has 176 valence electrons. The van der Waals surface area contributed by atoms with Crippen LogP contribution in [-0.2, 0) is 0 Å². The first kappa shape index (κ1) is 22.8. The Kier molecular flexibility index (Phi) is 6.41. The minimum absolute atomic E-state index is 0.0115. The summed E-state index contributed by atoms with van der Waals surface area (Å²) >= 11 is 0. The molecular weight excluding hydrogens is 444 g/mol. The second-order valence-electron chi connectivity index (χ2n) is 7.74. The number of amides is 1.